The second kappa shape index (κ2) is 5.26. The summed E-state index contributed by atoms with van der Waals surface area (Å²) in [6.45, 7) is 1.72. The molecule has 2 N–H and O–H groups in total. The first-order valence-electron chi connectivity index (χ1n) is 6.95. The van der Waals surface area contributed by atoms with Gasteiger partial charge in [0.25, 0.3) is 10.1 Å². The highest BCUT2D eigenvalue weighted by Gasteiger charge is 2.48. The molecule has 0 amide bonds. The molecule has 1 aliphatic rings. The van der Waals surface area contributed by atoms with Crippen LogP contribution in [-0.4, -0.2) is 14.0 Å². The Morgan fingerprint density at radius 2 is 1.41 bits per heavy atom. The summed E-state index contributed by atoms with van der Waals surface area (Å²) in [7, 11) is -3.75. The topological polar surface area (TPSA) is 69.4 Å². The van der Waals surface area contributed by atoms with E-state index < -0.39 is 15.7 Å². The zero-order chi connectivity index (χ0) is 15.8. The molecular weight excluding hydrogens is 298 g/mol. The molecule has 0 fully saturated rings. The molecule has 1 aliphatic heterocycles. The third-order valence-corrected chi connectivity index (χ3v) is 5.07. The van der Waals surface area contributed by atoms with E-state index in [0.29, 0.717) is 0 Å². The van der Waals surface area contributed by atoms with Crippen molar-refractivity contribution in [1.29, 1.82) is 0 Å². The van der Waals surface area contributed by atoms with Crippen LogP contribution in [0, 0.1) is 0 Å². The SMILES string of the molecule is CC1(C(c2ccccc2)c2ccccc2)OS(=O)(=O)C=C1N. The van der Waals surface area contributed by atoms with Crippen LogP contribution >= 0.6 is 0 Å². The Bertz CT molecular complexity index is 761. The summed E-state index contributed by atoms with van der Waals surface area (Å²) in [6.07, 6.45) is 0. The Kier molecular flexibility index (Phi) is 3.54. The maximum Gasteiger partial charge on any atom is 0.292 e. The second-order valence-corrected chi connectivity index (χ2v) is 6.90. The molecule has 1 unspecified atom stereocenters. The van der Waals surface area contributed by atoms with Crippen molar-refractivity contribution >= 4 is 10.1 Å². The predicted molar refractivity (Wildman–Crippen MR) is 85.4 cm³/mol. The predicted octanol–water partition coefficient (Wildman–Crippen LogP) is 2.74. The molecule has 22 heavy (non-hydrogen) atoms. The van der Waals surface area contributed by atoms with Gasteiger partial charge >= 0.3 is 0 Å². The van der Waals surface area contributed by atoms with Gasteiger partial charge in [0.2, 0.25) is 0 Å². The zero-order valence-corrected chi connectivity index (χ0v) is 13.0. The van der Waals surface area contributed by atoms with Crippen molar-refractivity contribution in [2.24, 2.45) is 5.73 Å². The minimum atomic E-state index is -3.75. The maximum absolute atomic E-state index is 11.8. The van der Waals surface area contributed by atoms with Gasteiger partial charge in [-0.1, -0.05) is 60.7 Å². The molecule has 3 rings (SSSR count). The first-order chi connectivity index (χ1) is 10.4. The highest BCUT2D eigenvalue weighted by atomic mass is 32.2. The fraction of sp³-hybridized carbons (Fsp3) is 0.176. The van der Waals surface area contributed by atoms with Crippen molar-refractivity contribution in [3.63, 3.8) is 0 Å². The van der Waals surface area contributed by atoms with E-state index in [0.717, 1.165) is 16.5 Å². The van der Waals surface area contributed by atoms with E-state index in [9.17, 15) is 8.42 Å². The van der Waals surface area contributed by atoms with Crippen LogP contribution in [0.2, 0.25) is 0 Å². The van der Waals surface area contributed by atoms with E-state index in [-0.39, 0.29) is 11.6 Å². The van der Waals surface area contributed by atoms with Gasteiger partial charge in [0.05, 0.1) is 11.1 Å². The lowest BCUT2D eigenvalue weighted by Gasteiger charge is -2.34. The molecule has 0 saturated carbocycles. The van der Waals surface area contributed by atoms with E-state index >= 15 is 0 Å². The quantitative estimate of drug-likeness (QED) is 0.884. The van der Waals surface area contributed by atoms with E-state index in [4.69, 9.17) is 9.92 Å². The third kappa shape index (κ3) is 2.53. The summed E-state index contributed by atoms with van der Waals surface area (Å²) in [6, 6.07) is 19.3. The summed E-state index contributed by atoms with van der Waals surface area (Å²) < 4.78 is 29.1. The van der Waals surface area contributed by atoms with Gasteiger partial charge in [-0.2, -0.15) is 8.42 Å². The Hall–Kier alpha value is -2.11. The van der Waals surface area contributed by atoms with Gasteiger partial charge in [-0.25, -0.2) is 0 Å². The molecular formula is C17H17NO3S. The summed E-state index contributed by atoms with van der Waals surface area (Å²) in [5.41, 5.74) is 6.99. The average Bonchev–Trinajstić information content (AvgIpc) is 2.69. The maximum atomic E-state index is 11.8. The third-order valence-electron chi connectivity index (χ3n) is 3.95. The summed E-state index contributed by atoms with van der Waals surface area (Å²) in [4.78, 5) is 0. The Balaban J connectivity index is 2.18. The van der Waals surface area contributed by atoms with Crippen LogP contribution in [0.3, 0.4) is 0 Å². The lowest BCUT2D eigenvalue weighted by Crippen LogP contribution is -2.39. The van der Waals surface area contributed by atoms with E-state index in [1.54, 1.807) is 6.92 Å². The van der Waals surface area contributed by atoms with Gasteiger partial charge in [0.1, 0.15) is 5.60 Å². The minimum Gasteiger partial charge on any atom is -0.399 e. The van der Waals surface area contributed by atoms with Crippen molar-refractivity contribution in [2.45, 2.75) is 18.4 Å². The number of hydrogen-bond donors (Lipinski definition) is 1. The summed E-state index contributed by atoms with van der Waals surface area (Å²) in [5, 5.41) is 1.01. The Morgan fingerprint density at radius 1 is 0.955 bits per heavy atom. The monoisotopic (exact) mass is 315 g/mol. The second-order valence-electron chi connectivity index (χ2n) is 5.51. The molecule has 1 atom stereocenters. The molecule has 114 valence electrons. The first-order valence-corrected chi connectivity index (χ1v) is 8.43. The molecule has 0 aliphatic carbocycles. The highest BCUT2D eigenvalue weighted by Crippen LogP contribution is 2.44. The van der Waals surface area contributed by atoms with Crippen molar-refractivity contribution < 1.29 is 12.6 Å². The fourth-order valence-corrected chi connectivity index (χ4v) is 4.19. The minimum absolute atomic E-state index is 0.213. The molecule has 0 spiro atoms. The summed E-state index contributed by atoms with van der Waals surface area (Å²) in [5.74, 6) is -0.316. The normalized spacial score (nSPS) is 23.5. The Morgan fingerprint density at radius 3 is 1.77 bits per heavy atom. The van der Waals surface area contributed by atoms with Crippen LogP contribution in [0.4, 0.5) is 0 Å². The van der Waals surface area contributed by atoms with Crippen LogP contribution in [0.1, 0.15) is 24.0 Å². The lowest BCUT2D eigenvalue weighted by atomic mass is 9.77. The summed E-state index contributed by atoms with van der Waals surface area (Å²) >= 11 is 0. The highest BCUT2D eigenvalue weighted by molar-refractivity contribution is 7.90. The van der Waals surface area contributed by atoms with E-state index in [2.05, 4.69) is 0 Å². The van der Waals surface area contributed by atoms with Gasteiger partial charge in [0, 0.05) is 5.92 Å². The number of rotatable bonds is 3. The molecule has 2 aromatic rings. The molecule has 2 aromatic carbocycles. The van der Waals surface area contributed by atoms with Gasteiger partial charge in [0.15, 0.2) is 0 Å². The van der Waals surface area contributed by atoms with Crippen LogP contribution in [0.25, 0.3) is 0 Å². The van der Waals surface area contributed by atoms with Crippen molar-refractivity contribution in [2.75, 3.05) is 0 Å². The molecule has 4 nitrogen and oxygen atoms in total. The van der Waals surface area contributed by atoms with Gasteiger partial charge < -0.3 is 5.73 Å². The first kappa shape index (κ1) is 14.8. The van der Waals surface area contributed by atoms with E-state index in [1.165, 1.54) is 0 Å². The molecule has 0 bridgehead atoms. The van der Waals surface area contributed by atoms with E-state index in [1.807, 2.05) is 60.7 Å². The zero-order valence-electron chi connectivity index (χ0n) is 12.1. The largest absolute Gasteiger partial charge is 0.399 e. The molecule has 5 heteroatoms. The number of benzene rings is 2. The standard InChI is InChI=1S/C17H17NO3S/c1-17(15(18)12-22(19,20)21-17)16(13-8-4-2-5-9-13)14-10-6-3-7-11-14/h2-12,16H,18H2,1H3. The average molecular weight is 315 g/mol. The van der Waals surface area contributed by atoms with Crippen molar-refractivity contribution in [3.8, 4) is 0 Å². The molecule has 0 saturated heterocycles. The molecule has 1 heterocycles. The van der Waals surface area contributed by atoms with Crippen LogP contribution in [0.15, 0.2) is 71.8 Å². The molecule has 0 radical (unpaired) electrons. The van der Waals surface area contributed by atoms with Crippen molar-refractivity contribution in [3.05, 3.63) is 82.9 Å². The van der Waals surface area contributed by atoms with Gasteiger partial charge in [-0.05, 0) is 18.1 Å². The van der Waals surface area contributed by atoms with Crippen molar-refractivity contribution in [1.82, 2.24) is 0 Å². The molecule has 0 aromatic heterocycles. The number of nitrogens with two attached hydrogens (primary N) is 1. The van der Waals surface area contributed by atoms with Gasteiger partial charge in [-0.15, -0.1) is 0 Å². The lowest BCUT2D eigenvalue weighted by molar-refractivity contribution is 0.128. The number of hydrogen-bond acceptors (Lipinski definition) is 4. The van der Waals surface area contributed by atoms with Crippen LogP contribution in [0.5, 0.6) is 0 Å². The van der Waals surface area contributed by atoms with Gasteiger partial charge in [-0.3, -0.25) is 4.18 Å². The van der Waals surface area contributed by atoms with Crippen LogP contribution < -0.4 is 5.73 Å². The smallest absolute Gasteiger partial charge is 0.292 e. The fourth-order valence-electron chi connectivity index (χ4n) is 2.92. The van der Waals surface area contributed by atoms with Crippen LogP contribution in [-0.2, 0) is 14.3 Å². The Labute approximate surface area is 130 Å².